The highest BCUT2D eigenvalue weighted by Gasteiger charge is 2.22. The van der Waals surface area contributed by atoms with Gasteiger partial charge in [-0.1, -0.05) is 0 Å². The Labute approximate surface area is 76.5 Å². The molecule has 0 aliphatic heterocycles. The molecule has 0 unspecified atom stereocenters. The molecule has 0 atom stereocenters. The van der Waals surface area contributed by atoms with Gasteiger partial charge in [-0.25, -0.2) is 8.78 Å². The maximum Gasteiger partial charge on any atom is 0.298 e. The molecule has 1 heterocycles. The predicted octanol–water partition coefficient (Wildman–Crippen LogP) is 1.74. The molecule has 7 heteroatoms. The highest BCUT2D eigenvalue weighted by atomic mass is 19.3. The Balaban J connectivity index is 3.39. The number of hydrogen-bond acceptors (Lipinski definition) is 4. The lowest BCUT2D eigenvalue weighted by molar-refractivity contribution is -0.385. The third-order valence-corrected chi connectivity index (χ3v) is 1.55. The fourth-order valence-corrected chi connectivity index (χ4v) is 0.923. The van der Waals surface area contributed by atoms with Gasteiger partial charge in [-0.15, -0.1) is 0 Å². The number of carbonyl (C=O) groups is 1. The van der Waals surface area contributed by atoms with Crippen molar-refractivity contribution in [3.63, 3.8) is 0 Å². The van der Waals surface area contributed by atoms with Crippen molar-refractivity contribution < 1.29 is 18.5 Å². The van der Waals surface area contributed by atoms with Crippen molar-refractivity contribution in [1.82, 2.24) is 4.98 Å². The van der Waals surface area contributed by atoms with Crippen molar-refractivity contribution in [2.75, 3.05) is 0 Å². The van der Waals surface area contributed by atoms with E-state index in [9.17, 15) is 23.7 Å². The number of halogens is 2. The predicted molar refractivity (Wildman–Crippen MR) is 41.2 cm³/mol. The summed E-state index contributed by atoms with van der Waals surface area (Å²) in [5.41, 5.74) is -2.06. The van der Waals surface area contributed by atoms with Gasteiger partial charge in [0.05, 0.1) is 10.5 Å². The maximum absolute atomic E-state index is 12.2. The molecule has 0 N–H and O–H groups in total. The van der Waals surface area contributed by atoms with Crippen LogP contribution in [0.3, 0.4) is 0 Å². The summed E-state index contributed by atoms with van der Waals surface area (Å²) in [7, 11) is 0. The molecule has 14 heavy (non-hydrogen) atoms. The van der Waals surface area contributed by atoms with E-state index < -0.39 is 28.2 Å². The van der Waals surface area contributed by atoms with E-state index in [4.69, 9.17) is 0 Å². The number of hydrogen-bond donors (Lipinski definition) is 0. The van der Waals surface area contributed by atoms with Gasteiger partial charge in [0, 0.05) is 6.20 Å². The van der Waals surface area contributed by atoms with Gasteiger partial charge in [-0.2, -0.15) is 0 Å². The maximum atomic E-state index is 12.2. The van der Waals surface area contributed by atoms with Crippen LogP contribution in [0.2, 0.25) is 0 Å². The van der Waals surface area contributed by atoms with Gasteiger partial charge in [0.25, 0.3) is 12.1 Å². The molecule has 0 saturated heterocycles. The fraction of sp³-hybridized carbons (Fsp3) is 0.143. The highest BCUT2D eigenvalue weighted by molar-refractivity contribution is 5.83. The summed E-state index contributed by atoms with van der Waals surface area (Å²) in [6.45, 7) is 0. The molecule has 0 amide bonds. The average molecular weight is 202 g/mol. The number of nitrogens with zero attached hydrogens (tertiary/aromatic N) is 2. The van der Waals surface area contributed by atoms with E-state index in [0.717, 1.165) is 12.4 Å². The second-order valence-electron chi connectivity index (χ2n) is 2.34. The molecule has 0 bridgehead atoms. The van der Waals surface area contributed by atoms with Gasteiger partial charge in [0.15, 0.2) is 6.29 Å². The van der Waals surface area contributed by atoms with E-state index in [0.29, 0.717) is 0 Å². The van der Waals surface area contributed by atoms with Crippen molar-refractivity contribution in [2.45, 2.75) is 6.43 Å². The zero-order valence-corrected chi connectivity index (χ0v) is 6.68. The van der Waals surface area contributed by atoms with Crippen molar-refractivity contribution in [1.29, 1.82) is 0 Å². The molecule has 0 fully saturated rings. The second-order valence-corrected chi connectivity index (χ2v) is 2.34. The smallest absolute Gasteiger partial charge is 0.298 e. The molecule has 1 aromatic heterocycles. The first-order chi connectivity index (χ1) is 6.57. The van der Waals surface area contributed by atoms with Crippen LogP contribution in [0.25, 0.3) is 0 Å². The monoisotopic (exact) mass is 202 g/mol. The lowest BCUT2D eigenvalue weighted by Gasteiger charge is -2.02. The van der Waals surface area contributed by atoms with Crippen LogP contribution >= 0.6 is 0 Å². The first-order valence-electron chi connectivity index (χ1n) is 3.43. The Morgan fingerprint density at radius 1 is 1.50 bits per heavy atom. The SMILES string of the molecule is O=Cc1c(C(F)F)cncc1[N+](=O)[O-]. The quantitative estimate of drug-likeness (QED) is 0.425. The van der Waals surface area contributed by atoms with Crippen LogP contribution < -0.4 is 0 Å². The van der Waals surface area contributed by atoms with Crippen LogP contribution in [0.5, 0.6) is 0 Å². The van der Waals surface area contributed by atoms with Crippen molar-refractivity contribution >= 4 is 12.0 Å². The van der Waals surface area contributed by atoms with E-state index in [1.165, 1.54) is 0 Å². The minimum atomic E-state index is -2.96. The molecule has 1 rings (SSSR count). The Morgan fingerprint density at radius 2 is 2.14 bits per heavy atom. The van der Waals surface area contributed by atoms with Crippen LogP contribution in [-0.2, 0) is 0 Å². The van der Waals surface area contributed by atoms with Crippen molar-refractivity contribution in [2.24, 2.45) is 0 Å². The van der Waals surface area contributed by atoms with E-state index >= 15 is 0 Å². The number of aldehydes is 1. The summed E-state index contributed by atoms with van der Waals surface area (Å²) in [5, 5.41) is 10.3. The van der Waals surface area contributed by atoms with Crippen LogP contribution in [0.4, 0.5) is 14.5 Å². The van der Waals surface area contributed by atoms with Crippen molar-refractivity contribution in [3.8, 4) is 0 Å². The van der Waals surface area contributed by atoms with E-state index in [2.05, 4.69) is 4.98 Å². The highest BCUT2D eigenvalue weighted by Crippen LogP contribution is 2.26. The summed E-state index contributed by atoms with van der Waals surface area (Å²) in [6.07, 6.45) is -1.43. The topological polar surface area (TPSA) is 73.1 Å². The van der Waals surface area contributed by atoms with Crippen LogP contribution in [-0.4, -0.2) is 16.2 Å². The summed E-state index contributed by atoms with van der Waals surface area (Å²) >= 11 is 0. The molecule has 5 nitrogen and oxygen atoms in total. The number of rotatable bonds is 3. The third kappa shape index (κ3) is 1.70. The number of alkyl halides is 2. The molecule has 0 spiro atoms. The minimum Gasteiger partial charge on any atom is -0.298 e. The molecule has 0 aliphatic carbocycles. The summed E-state index contributed by atoms with van der Waals surface area (Å²) < 4.78 is 24.5. The Morgan fingerprint density at radius 3 is 2.57 bits per heavy atom. The zero-order valence-electron chi connectivity index (χ0n) is 6.68. The largest absolute Gasteiger partial charge is 0.298 e. The molecule has 0 saturated carbocycles. The second kappa shape index (κ2) is 3.86. The lowest BCUT2D eigenvalue weighted by atomic mass is 10.1. The minimum absolute atomic E-state index is 0.0291. The van der Waals surface area contributed by atoms with Gasteiger partial charge >= 0.3 is 0 Å². The van der Waals surface area contributed by atoms with E-state index in [1.807, 2.05) is 0 Å². The van der Waals surface area contributed by atoms with Crippen LogP contribution in [0.1, 0.15) is 22.3 Å². The molecule has 1 aromatic rings. The average Bonchev–Trinajstić information content (AvgIpc) is 2.16. The van der Waals surface area contributed by atoms with E-state index in [1.54, 1.807) is 0 Å². The number of carbonyl (C=O) groups excluding carboxylic acids is 1. The lowest BCUT2D eigenvalue weighted by Crippen LogP contribution is -2.01. The normalized spacial score (nSPS) is 10.2. The Hall–Kier alpha value is -1.92. The summed E-state index contributed by atoms with van der Waals surface area (Å²) in [4.78, 5) is 23.0. The van der Waals surface area contributed by atoms with Gasteiger partial charge in [-0.3, -0.25) is 19.9 Å². The zero-order chi connectivity index (χ0) is 10.7. The molecular formula is C7H4F2N2O3. The molecule has 74 valence electrons. The van der Waals surface area contributed by atoms with Gasteiger partial charge in [-0.05, 0) is 0 Å². The first kappa shape index (κ1) is 10.2. The Bertz CT molecular complexity index is 381. The van der Waals surface area contributed by atoms with Gasteiger partial charge < -0.3 is 0 Å². The standard InChI is InChI=1S/C7H4F2N2O3/c8-7(9)4-1-10-2-6(11(13)14)5(4)3-12/h1-3,7H. The summed E-state index contributed by atoms with van der Waals surface area (Å²) in [6, 6.07) is 0. The number of aromatic nitrogens is 1. The first-order valence-corrected chi connectivity index (χ1v) is 3.43. The molecular weight excluding hydrogens is 198 g/mol. The molecule has 0 radical (unpaired) electrons. The van der Waals surface area contributed by atoms with Crippen LogP contribution in [0.15, 0.2) is 12.4 Å². The third-order valence-electron chi connectivity index (χ3n) is 1.55. The van der Waals surface area contributed by atoms with E-state index in [-0.39, 0.29) is 6.29 Å². The Kier molecular flexibility index (Phi) is 2.80. The summed E-state index contributed by atoms with van der Waals surface area (Å²) in [5.74, 6) is 0. The number of nitro groups is 1. The molecule has 0 aliphatic rings. The van der Waals surface area contributed by atoms with Gasteiger partial charge in [0.2, 0.25) is 0 Å². The molecule has 0 aromatic carbocycles. The van der Waals surface area contributed by atoms with Crippen LogP contribution in [0, 0.1) is 10.1 Å². The van der Waals surface area contributed by atoms with Gasteiger partial charge in [0.1, 0.15) is 11.8 Å². The number of pyridine rings is 1. The fourth-order valence-electron chi connectivity index (χ4n) is 0.923. The van der Waals surface area contributed by atoms with Crippen molar-refractivity contribution in [3.05, 3.63) is 33.6 Å².